The number of amides is 1. The predicted molar refractivity (Wildman–Crippen MR) is 154 cm³/mol. The van der Waals surface area contributed by atoms with Gasteiger partial charge in [-0.1, -0.05) is 72.7 Å². The number of hydrogen-bond acceptors (Lipinski definition) is 5. The van der Waals surface area contributed by atoms with Gasteiger partial charge in [-0.25, -0.2) is 4.98 Å². The van der Waals surface area contributed by atoms with Gasteiger partial charge in [0.15, 0.2) is 0 Å². The molecule has 2 aromatic heterocycles. The van der Waals surface area contributed by atoms with Gasteiger partial charge in [0.1, 0.15) is 11.5 Å². The minimum atomic E-state index is -0.0443. The van der Waals surface area contributed by atoms with Crippen LogP contribution in [0, 0.1) is 6.92 Å². The van der Waals surface area contributed by atoms with E-state index < -0.39 is 0 Å². The van der Waals surface area contributed by atoms with Gasteiger partial charge in [-0.05, 0) is 49.6 Å². The number of carbonyl (C=O) groups excluding carboxylic acids is 1. The maximum absolute atomic E-state index is 12.3. The number of anilines is 1. The molecule has 3 aromatic rings. The summed E-state index contributed by atoms with van der Waals surface area (Å²) in [5.74, 6) is 0.874. The van der Waals surface area contributed by atoms with Crippen molar-refractivity contribution in [1.29, 1.82) is 0 Å². The lowest BCUT2D eigenvalue weighted by Gasteiger charge is -2.31. The molecule has 3 heterocycles. The molecule has 1 aliphatic rings. The first-order valence-electron chi connectivity index (χ1n) is 13.6. The number of hydrogen-bond donors (Lipinski definition) is 1. The standard InChI is InChI=1S/C21H24N6O.4C2H6/c1-4-27-13-19(24-25-27)16-8-9-20(23-14(16)2)26-11-10-15-6-5-7-17(18(15)12-26)21(28)22-3;4*1-2/h5-9,13H,4,10-12H2,1-3H3,(H,22,28);4*1-2H3. The molecule has 0 saturated carbocycles. The van der Waals surface area contributed by atoms with E-state index >= 15 is 0 Å². The fraction of sp³-hybridized carbons (Fsp3) is 0.517. The molecule has 4 rings (SSSR count). The summed E-state index contributed by atoms with van der Waals surface area (Å²) in [7, 11) is 1.67. The third kappa shape index (κ3) is 8.18. The van der Waals surface area contributed by atoms with E-state index in [4.69, 9.17) is 4.98 Å². The molecule has 0 spiro atoms. The quantitative estimate of drug-likeness (QED) is 0.435. The lowest BCUT2D eigenvalue weighted by Crippen LogP contribution is -2.33. The van der Waals surface area contributed by atoms with Crippen LogP contribution in [0.1, 0.15) is 89.5 Å². The van der Waals surface area contributed by atoms with Crippen LogP contribution in [0.3, 0.4) is 0 Å². The first kappa shape index (κ1) is 32.8. The topological polar surface area (TPSA) is 75.9 Å². The Morgan fingerprint density at radius 1 is 1.00 bits per heavy atom. The average molecular weight is 497 g/mol. The van der Waals surface area contributed by atoms with E-state index in [1.54, 1.807) is 7.05 Å². The van der Waals surface area contributed by atoms with Crippen LogP contribution in [0.15, 0.2) is 36.5 Å². The molecule has 0 radical (unpaired) electrons. The van der Waals surface area contributed by atoms with E-state index in [0.717, 1.165) is 53.4 Å². The van der Waals surface area contributed by atoms with Crippen LogP contribution in [-0.4, -0.2) is 39.5 Å². The van der Waals surface area contributed by atoms with E-state index in [-0.39, 0.29) is 5.91 Å². The zero-order valence-electron chi connectivity index (χ0n) is 24.4. The predicted octanol–water partition coefficient (Wildman–Crippen LogP) is 6.70. The molecule has 1 amide bonds. The SMILES string of the molecule is CC.CC.CC.CC.CCn1cc(-c2ccc(N3CCc4cccc(C(=O)NC)c4C3)nc2C)nn1. The van der Waals surface area contributed by atoms with Crippen LogP contribution in [0.2, 0.25) is 0 Å². The van der Waals surface area contributed by atoms with Crippen LogP contribution < -0.4 is 10.2 Å². The Bertz CT molecular complexity index is 1030. The van der Waals surface area contributed by atoms with Crippen molar-refractivity contribution in [3.63, 3.8) is 0 Å². The zero-order chi connectivity index (χ0) is 27.7. The normalized spacial score (nSPS) is 11.0. The van der Waals surface area contributed by atoms with Gasteiger partial charge in [0.25, 0.3) is 5.91 Å². The number of pyridine rings is 1. The Morgan fingerprint density at radius 3 is 2.22 bits per heavy atom. The maximum atomic E-state index is 12.3. The summed E-state index contributed by atoms with van der Waals surface area (Å²) in [5, 5.41) is 11.1. The van der Waals surface area contributed by atoms with Crippen molar-refractivity contribution < 1.29 is 4.79 Å². The molecule has 0 unspecified atom stereocenters. The molecule has 1 aromatic carbocycles. The van der Waals surface area contributed by atoms with Crippen LogP contribution >= 0.6 is 0 Å². The molecule has 0 saturated heterocycles. The first-order chi connectivity index (χ1) is 17.6. The Kier molecular flexibility index (Phi) is 16.5. The second-order valence-electron chi connectivity index (χ2n) is 6.96. The molecule has 0 fully saturated rings. The van der Waals surface area contributed by atoms with E-state index in [0.29, 0.717) is 6.54 Å². The lowest BCUT2D eigenvalue weighted by molar-refractivity contribution is 0.0962. The average Bonchev–Trinajstić information content (AvgIpc) is 3.45. The molecule has 36 heavy (non-hydrogen) atoms. The van der Waals surface area contributed by atoms with E-state index in [2.05, 4.69) is 32.7 Å². The molecule has 0 aliphatic carbocycles. The van der Waals surface area contributed by atoms with Crippen LogP contribution in [0.5, 0.6) is 0 Å². The van der Waals surface area contributed by atoms with Gasteiger partial charge in [0.05, 0.1) is 6.20 Å². The maximum Gasteiger partial charge on any atom is 0.251 e. The third-order valence-electron chi connectivity index (χ3n) is 5.28. The second-order valence-corrected chi connectivity index (χ2v) is 6.96. The highest BCUT2D eigenvalue weighted by atomic mass is 16.1. The van der Waals surface area contributed by atoms with Gasteiger partial charge in [-0.2, -0.15) is 0 Å². The van der Waals surface area contributed by atoms with E-state index in [1.807, 2.05) is 98.3 Å². The molecular weight excluding hydrogens is 448 g/mol. The van der Waals surface area contributed by atoms with Crippen molar-refractivity contribution in [3.8, 4) is 11.3 Å². The fourth-order valence-electron chi connectivity index (χ4n) is 3.69. The van der Waals surface area contributed by atoms with Gasteiger partial charge in [-0.3, -0.25) is 9.48 Å². The second kappa shape index (κ2) is 18.1. The van der Waals surface area contributed by atoms with Crippen molar-refractivity contribution in [2.45, 2.75) is 88.7 Å². The highest BCUT2D eigenvalue weighted by Crippen LogP contribution is 2.28. The Balaban J connectivity index is 0.00000140. The Labute approximate surface area is 219 Å². The van der Waals surface area contributed by atoms with Crippen molar-refractivity contribution in [3.05, 3.63) is 58.9 Å². The number of fused-ring (bicyclic) bond motifs is 1. The fourth-order valence-corrected chi connectivity index (χ4v) is 3.69. The van der Waals surface area contributed by atoms with Crippen molar-refractivity contribution in [2.24, 2.45) is 0 Å². The van der Waals surface area contributed by atoms with Crippen molar-refractivity contribution >= 4 is 11.7 Å². The van der Waals surface area contributed by atoms with Gasteiger partial charge < -0.3 is 10.2 Å². The number of benzene rings is 1. The molecular formula is C29H48N6O. The monoisotopic (exact) mass is 496 g/mol. The largest absolute Gasteiger partial charge is 0.355 e. The zero-order valence-corrected chi connectivity index (χ0v) is 24.4. The molecule has 1 N–H and O–H groups in total. The van der Waals surface area contributed by atoms with Crippen LogP contribution in [-0.2, 0) is 19.5 Å². The number of rotatable bonds is 4. The van der Waals surface area contributed by atoms with Crippen molar-refractivity contribution in [1.82, 2.24) is 25.3 Å². The van der Waals surface area contributed by atoms with Gasteiger partial charge >= 0.3 is 0 Å². The van der Waals surface area contributed by atoms with Crippen LogP contribution in [0.25, 0.3) is 11.3 Å². The summed E-state index contributed by atoms with van der Waals surface area (Å²) in [4.78, 5) is 19.3. The van der Waals surface area contributed by atoms with Crippen molar-refractivity contribution in [2.75, 3.05) is 18.5 Å². The Morgan fingerprint density at radius 2 is 1.67 bits per heavy atom. The summed E-state index contributed by atoms with van der Waals surface area (Å²) >= 11 is 0. The summed E-state index contributed by atoms with van der Waals surface area (Å²) < 4.78 is 1.81. The molecule has 7 nitrogen and oxygen atoms in total. The number of nitrogens with one attached hydrogen (secondary N) is 1. The van der Waals surface area contributed by atoms with Gasteiger partial charge in [0, 0.05) is 43.5 Å². The minimum Gasteiger partial charge on any atom is -0.355 e. The lowest BCUT2D eigenvalue weighted by atomic mass is 9.94. The molecule has 200 valence electrons. The summed E-state index contributed by atoms with van der Waals surface area (Å²) in [6.45, 7) is 22.4. The summed E-state index contributed by atoms with van der Waals surface area (Å²) in [5.41, 5.74) is 5.82. The smallest absolute Gasteiger partial charge is 0.251 e. The van der Waals surface area contributed by atoms with E-state index in [9.17, 15) is 4.79 Å². The number of carbonyl (C=O) groups is 1. The van der Waals surface area contributed by atoms with Gasteiger partial charge in [0.2, 0.25) is 0 Å². The number of aryl methyl sites for hydroxylation is 2. The molecule has 0 atom stereocenters. The summed E-state index contributed by atoms with van der Waals surface area (Å²) in [6, 6.07) is 10.0. The number of aromatic nitrogens is 4. The molecule has 7 heteroatoms. The molecule has 0 bridgehead atoms. The Hall–Kier alpha value is -3.22. The third-order valence-corrected chi connectivity index (χ3v) is 5.28. The minimum absolute atomic E-state index is 0.0443. The summed E-state index contributed by atoms with van der Waals surface area (Å²) in [6.07, 6.45) is 2.84. The van der Waals surface area contributed by atoms with Gasteiger partial charge in [-0.15, -0.1) is 5.10 Å². The van der Waals surface area contributed by atoms with E-state index in [1.165, 1.54) is 5.56 Å². The highest BCUT2D eigenvalue weighted by molar-refractivity contribution is 5.96. The number of nitrogens with zero attached hydrogens (tertiary/aromatic N) is 5. The van der Waals surface area contributed by atoms with Crippen LogP contribution in [0.4, 0.5) is 5.82 Å². The first-order valence-corrected chi connectivity index (χ1v) is 13.6. The highest BCUT2D eigenvalue weighted by Gasteiger charge is 2.23. The molecule has 1 aliphatic heterocycles.